The van der Waals surface area contributed by atoms with Crippen LogP contribution >= 0.6 is 0 Å². The minimum atomic E-state index is -1.51. The molecule has 0 bridgehead atoms. The van der Waals surface area contributed by atoms with Gasteiger partial charge in [-0.15, -0.1) is 0 Å². The summed E-state index contributed by atoms with van der Waals surface area (Å²) in [5.74, 6) is 0. The highest BCUT2D eigenvalue weighted by Gasteiger charge is 2.50. The summed E-state index contributed by atoms with van der Waals surface area (Å²) in [6.07, 6.45) is -12.5. The quantitative estimate of drug-likeness (QED) is 0.152. The number of hydrogen-bond acceptors (Lipinski definition) is 15. The normalized spacial score (nSPS) is 48.9. The first-order chi connectivity index (χ1) is 16.4. The molecule has 0 aromatic carbocycles. The molecule has 14 unspecified atom stereocenters. The number of carbonyl (C=O) groups is 1. The highest BCUT2D eigenvalue weighted by molar-refractivity contribution is 5.64. The van der Waals surface area contributed by atoms with Gasteiger partial charge in [-0.3, -0.25) is 0 Å². The van der Waals surface area contributed by atoms with Crippen LogP contribution in [0.5, 0.6) is 0 Å². The largest absolute Gasteiger partial charge is 0.447 e. The molecule has 3 rings (SSSR count). The lowest BCUT2D eigenvalue weighted by Gasteiger charge is -2.47. The van der Waals surface area contributed by atoms with Gasteiger partial charge in [0.25, 0.3) is 0 Å². The summed E-state index contributed by atoms with van der Waals surface area (Å²) >= 11 is 0. The van der Waals surface area contributed by atoms with Crippen LogP contribution in [-0.2, 0) is 23.7 Å². The SMILES string of the molecule is NCC1OC(OC2C(N)CC(N)C(OC3OC(COC(N)=O)C(O)C(N)C3O)C2O)C(N)CC1O. The number of hydrogen-bond donors (Lipinski definition) is 10. The molecular formula is C19H38N6O10. The van der Waals surface area contributed by atoms with Crippen molar-refractivity contribution in [3.05, 3.63) is 0 Å². The molecule has 3 aliphatic rings. The molecule has 16 nitrogen and oxygen atoms in total. The Kier molecular flexibility index (Phi) is 9.60. The molecule has 1 saturated carbocycles. The Morgan fingerprint density at radius 3 is 1.94 bits per heavy atom. The number of ether oxygens (including phenoxy) is 5. The Labute approximate surface area is 201 Å². The first-order valence-corrected chi connectivity index (χ1v) is 11.4. The maximum Gasteiger partial charge on any atom is 0.404 e. The van der Waals surface area contributed by atoms with Crippen molar-refractivity contribution < 1.29 is 48.9 Å². The maximum absolute atomic E-state index is 11.1. The van der Waals surface area contributed by atoms with Crippen LogP contribution < -0.4 is 34.4 Å². The van der Waals surface area contributed by atoms with Gasteiger partial charge in [0, 0.05) is 18.6 Å². The lowest BCUT2D eigenvalue weighted by molar-refractivity contribution is -0.314. The number of amides is 1. The Hall–Kier alpha value is -1.25. The van der Waals surface area contributed by atoms with Gasteiger partial charge in [-0.25, -0.2) is 4.79 Å². The van der Waals surface area contributed by atoms with Gasteiger partial charge in [-0.1, -0.05) is 0 Å². The van der Waals surface area contributed by atoms with Crippen LogP contribution in [0.2, 0.25) is 0 Å². The molecule has 3 fully saturated rings. The highest BCUT2D eigenvalue weighted by atomic mass is 16.7. The van der Waals surface area contributed by atoms with Crippen LogP contribution in [-0.4, -0.2) is 125 Å². The lowest BCUT2D eigenvalue weighted by Crippen LogP contribution is -2.68. The lowest BCUT2D eigenvalue weighted by atomic mass is 9.84. The van der Waals surface area contributed by atoms with Gasteiger partial charge >= 0.3 is 6.09 Å². The van der Waals surface area contributed by atoms with Crippen LogP contribution in [0.1, 0.15) is 12.8 Å². The third-order valence-corrected chi connectivity index (χ3v) is 6.62. The van der Waals surface area contributed by atoms with Crippen molar-refractivity contribution in [2.75, 3.05) is 13.2 Å². The second-order valence-electron chi connectivity index (χ2n) is 9.23. The minimum Gasteiger partial charge on any atom is -0.447 e. The molecule has 2 saturated heterocycles. The molecule has 16 heteroatoms. The number of aliphatic hydroxyl groups excluding tert-OH is 4. The average molecular weight is 511 g/mol. The van der Waals surface area contributed by atoms with Gasteiger partial charge in [-0.2, -0.15) is 0 Å². The number of nitrogens with two attached hydrogens (primary N) is 6. The van der Waals surface area contributed by atoms with Crippen molar-refractivity contribution >= 4 is 6.09 Å². The van der Waals surface area contributed by atoms with Crippen LogP contribution in [0.15, 0.2) is 0 Å². The zero-order valence-electron chi connectivity index (χ0n) is 19.1. The Morgan fingerprint density at radius 2 is 1.37 bits per heavy atom. The molecule has 1 amide bonds. The van der Waals surface area contributed by atoms with Crippen molar-refractivity contribution in [2.45, 2.75) is 98.4 Å². The molecule has 14 atom stereocenters. The van der Waals surface area contributed by atoms with E-state index in [9.17, 15) is 25.2 Å². The van der Waals surface area contributed by atoms with Gasteiger partial charge in [0.1, 0.15) is 43.2 Å². The van der Waals surface area contributed by atoms with Gasteiger partial charge in [0.2, 0.25) is 0 Å². The fourth-order valence-electron chi connectivity index (χ4n) is 4.58. The van der Waals surface area contributed by atoms with Crippen molar-refractivity contribution in [2.24, 2.45) is 34.4 Å². The summed E-state index contributed by atoms with van der Waals surface area (Å²) < 4.78 is 27.6. The summed E-state index contributed by atoms with van der Waals surface area (Å²) in [6, 6.07) is -3.46. The summed E-state index contributed by atoms with van der Waals surface area (Å²) in [5.41, 5.74) is 34.9. The second-order valence-corrected chi connectivity index (χ2v) is 9.23. The first-order valence-electron chi connectivity index (χ1n) is 11.4. The Bertz CT molecular complexity index is 711. The van der Waals surface area contributed by atoms with E-state index in [1.807, 2.05) is 0 Å². The van der Waals surface area contributed by atoms with E-state index in [0.29, 0.717) is 0 Å². The third kappa shape index (κ3) is 6.37. The van der Waals surface area contributed by atoms with Gasteiger partial charge in [0.05, 0.1) is 24.3 Å². The number of carbonyl (C=O) groups excluding carboxylic acids is 1. The molecule has 0 aromatic heterocycles. The van der Waals surface area contributed by atoms with Crippen LogP contribution in [0, 0.1) is 0 Å². The van der Waals surface area contributed by atoms with E-state index in [0.717, 1.165) is 0 Å². The third-order valence-electron chi connectivity index (χ3n) is 6.62. The summed E-state index contributed by atoms with van der Waals surface area (Å²) in [6.45, 7) is -0.412. The number of rotatable bonds is 7. The molecular weight excluding hydrogens is 472 g/mol. The second kappa shape index (κ2) is 11.9. The van der Waals surface area contributed by atoms with E-state index in [2.05, 4.69) is 4.74 Å². The van der Waals surface area contributed by atoms with Crippen molar-refractivity contribution in [1.82, 2.24) is 0 Å². The molecule has 0 spiro atoms. The summed E-state index contributed by atoms with van der Waals surface area (Å²) in [7, 11) is 0. The smallest absolute Gasteiger partial charge is 0.404 e. The van der Waals surface area contributed by atoms with Gasteiger partial charge in [0.15, 0.2) is 12.6 Å². The topological polar surface area (TPSA) is 300 Å². The summed E-state index contributed by atoms with van der Waals surface area (Å²) in [5, 5.41) is 41.8. The maximum atomic E-state index is 11.1. The highest BCUT2D eigenvalue weighted by Crippen LogP contribution is 2.30. The summed E-state index contributed by atoms with van der Waals surface area (Å²) in [4.78, 5) is 10.9. The molecule has 204 valence electrons. The van der Waals surface area contributed by atoms with E-state index in [1.165, 1.54) is 0 Å². The van der Waals surface area contributed by atoms with E-state index in [1.54, 1.807) is 0 Å². The molecule has 0 aromatic rings. The van der Waals surface area contributed by atoms with E-state index in [-0.39, 0.29) is 19.4 Å². The molecule has 16 N–H and O–H groups in total. The fourth-order valence-corrected chi connectivity index (χ4v) is 4.58. The molecule has 1 aliphatic carbocycles. The van der Waals surface area contributed by atoms with E-state index in [4.69, 9.17) is 53.3 Å². The van der Waals surface area contributed by atoms with Crippen molar-refractivity contribution in [3.8, 4) is 0 Å². The molecule has 0 radical (unpaired) electrons. The van der Waals surface area contributed by atoms with Gasteiger partial charge < -0.3 is 78.5 Å². The van der Waals surface area contributed by atoms with E-state index < -0.39 is 98.3 Å². The van der Waals surface area contributed by atoms with E-state index >= 15 is 0 Å². The van der Waals surface area contributed by atoms with Crippen LogP contribution in [0.25, 0.3) is 0 Å². The fraction of sp³-hybridized carbons (Fsp3) is 0.947. The minimum absolute atomic E-state index is 0.0350. The van der Waals surface area contributed by atoms with Crippen molar-refractivity contribution in [3.63, 3.8) is 0 Å². The Balaban J connectivity index is 1.70. The van der Waals surface area contributed by atoms with Crippen LogP contribution in [0.4, 0.5) is 4.79 Å². The Morgan fingerprint density at radius 1 is 0.800 bits per heavy atom. The standard InChI is InChI=1S/C19H38N6O10/c20-3-9-8(26)2-7(23)17(32-9)34-15-5(21)1-6(22)16(14(15)29)35-18-13(28)11(24)12(27)10(33-18)4-31-19(25)30/h5-18,26-29H,1-4,20-24H2,(H2,25,30). The predicted molar refractivity (Wildman–Crippen MR) is 117 cm³/mol. The van der Waals surface area contributed by atoms with Crippen LogP contribution in [0.3, 0.4) is 0 Å². The monoisotopic (exact) mass is 510 g/mol. The van der Waals surface area contributed by atoms with Crippen molar-refractivity contribution in [1.29, 1.82) is 0 Å². The first kappa shape index (κ1) is 28.3. The zero-order valence-corrected chi connectivity index (χ0v) is 19.1. The number of aliphatic hydroxyl groups is 4. The molecule has 35 heavy (non-hydrogen) atoms. The molecule has 2 heterocycles. The molecule has 2 aliphatic heterocycles. The predicted octanol–water partition coefficient (Wildman–Crippen LogP) is -6.19. The average Bonchev–Trinajstić information content (AvgIpc) is 2.79. The zero-order chi connectivity index (χ0) is 26.0. The van der Waals surface area contributed by atoms with Gasteiger partial charge in [-0.05, 0) is 12.8 Å². The number of primary amides is 1.